The van der Waals surface area contributed by atoms with E-state index in [9.17, 15) is 4.79 Å². The third kappa shape index (κ3) is 3.73. The van der Waals surface area contributed by atoms with Crippen LogP contribution in [0.5, 0.6) is 0 Å². The minimum absolute atomic E-state index is 0. The minimum Gasteiger partial charge on any atom is -0.467 e. The van der Waals surface area contributed by atoms with Crippen molar-refractivity contribution < 1.29 is 13.9 Å². The van der Waals surface area contributed by atoms with Gasteiger partial charge in [0.15, 0.2) is 0 Å². The van der Waals surface area contributed by atoms with Crippen molar-refractivity contribution in [3.63, 3.8) is 0 Å². The molecular formula is C11H17ClN2O3. The normalized spacial score (nSPS) is 19.5. The van der Waals surface area contributed by atoms with Crippen LogP contribution in [0.4, 0.5) is 0 Å². The first-order valence-electron chi connectivity index (χ1n) is 5.36. The molecule has 1 saturated heterocycles. The Balaban J connectivity index is 0.00000144. The molecule has 0 aromatic carbocycles. The largest absolute Gasteiger partial charge is 0.467 e. The highest BCUT2D eigenvalue weighted by molar-refractivity contribution is 5.85. The van der Waals surface area contributed by atoms with Crippen molar-refractivity contribution in [2.75, 3.05) is 26.8 Å². The van der Waals surface area contributed by atoms with E-state index in [0.29, 0.717) is 19.8 Å². The van der Waals surface area contributed by atoms with Gasteiger partial charge in [-0.25, -0.2) is 0 Å². The van der Waals surface area contributed by atoms with Gasteiger partial charge in [0.25, 0.3) is 0 Å². The Morgan fingerprint density at radius 1 is 1.65 bits per heavy atom. The number of nitrogens with one attached hydrogen (secondary N) is 1. The number of ether oxygens (including phenoxy) is 1. The first-order valence-corrected chi connectivity index (χ1v) is 5.36. The monoisotopic (exact) mass is 260 g/mol. The van der Waals surface area contributed by atoms with E-state index >= 15 is 0 Å². The number of hydrogen-bond acceptors (Lipinski definition) is 4. The molecule has 0 radical (unpaired) electrons. The van der Waals surface area contributed by atoms with Gasteiger partial charge >= 0.3 is 0 Å². The zero-order valence-corrected chi connectivity index (χ0v) is 10.5. The number of nitrogens with zero attached hydrogens (tertiary/aromatic N) is 1. The number of morpholine rings is 1. The maximum absolute atomic E-state index is 12.0. The lowest BCUT2D eigenvalue weighted by Crippen LogP contribution is -2.51. The van der Waals surface area contributed by atoms with Crippen molar-refractivity contribution in [2.24, 2.45) is 0 Å². The minimum atomic E-state index is -0.228. The number of hydrogen-bond donors (Lipinski definition) is 1. The Morgan fingerprint density at radius 2 is 2.47 bits per heavy atom. The van der Waals surface area contributed by atoms with Crippen molar-refractivity contribution in [1.29, 1.82) is 0 Å². The van der Waals surface area contributed by atoms with Crippen molar-refractivity contribution in [3.05, 3.63) is 24.2 Å². The Labute approximate surface area is 107 Å². The molecule has 5 nitrogen and oxygen atoms in total. The van der Waals surface area contributed by atoms with E-state index in [1.54, 1.807) is 18.2 Å². The molecule has 1 N–H and O–H groups in total. The van der Waals surface area contributed by atoms with Crippen molar-refractivity contribution in [3.8, 4) is 0 Å². The number of rotatable bonds is 3. The van der Waals surface area contributed by atoms with Crippen LogP contribution < -0.4 is 5.32 Å². The fourth-order valence-corrected chi connectivity index (χ4v) is 1.70. The van der Waals surface area contributed by atoms with E-state index in [1.807, 2.05) is 12.1 Å². The van der Waals surface area contributed by atoms with Crippen LogP contribution in [0.1, 0.15) is 5.76 Å². The van der Waals surface area contributed by atoms with Crippen LogP contribution >= 0.6 is 12.4 Å². The predicted molar refractivity (Wildman–Crippen MR) is 65.0 cm³/mol. The molecule has 96 valence electrons. The molecule has 1 fully saturated rings. The van der Waals surface area contributed by atoms with Crippen LogP contribution in [0.2, 0.25) is 0 Å². The van der Waals surface area contributed by atoms with Gasteiger partial charge in [-0.05, 0) is 12.1 Å². The van der Waals surface area contributed by atoms with Gasteiger partial charge in [-0.2, -0.15) is 0 Å². The topological polar surface area (TPSA) is 54.7 Å². The fraction of sp³-hybridized carbons (Fsp3) is 0.545. The number of furan rings is 1. The van der Waals surface area contributed by atoms with Crippen molar-refractivity contribution in [1.82, 2.24) is 10.2 Å². The lowest BCUT2D eigenvalue weighted by atomic mass is 10.2. The van der Waals surface area contributed by atoms with Gasteiger partial charge in [0.2, 0.25) is 5.91 Å². The summed E-state index contributed by atoms with van der Waals surface area (Å²) in [6, 6.07) is 3.44. The van der Waals surface area contributed by atoms with E-state index in [4.69, 9.17) is 9.15 Å². The molecule has 1 aromatic rings. The van der Waals surface area contributed by atoms with Crippen molar-refractivity contribution in [2.45, 2.75) is 12.6 Å². The van der Waals surface area contributed by atoms with E-state index in [0.717, 1.165) is 12.3 Å². The molecule has 0 saturated carbocycles. The van der Waals surface area contributed by atoms with Crippen LogP contribution in [0.15, 0.2) is 22.8 Å². The standard InChI is InChI=1S/C11H16N2O3.ClH/c1-13(7-9-3-2-5-16-9)11(14)10-8-15-6-4-12-10;/h2-3,5,10,12H,4,6-8H2,1H3;1H. The molecule has 2 heterocycles. The molecule has 1 atom stereocenters. The molecule has 1 unspecified atom stereocenters. The molecule has 2 rings (SSSR count). The Kier molecular flexibility index (Phi) is 5.47. The van der Waals surface area contributed by atoms with Crippen molar-refractivity contribution >= 4 is 18.3 Å². The SMILES string of the molecule is CN(Cc1ccco1)C(=O)C1COCCN1.Cl. The van der Waals surface area contributed by atoms with Gasteiger partial charge < -0.3 is 19.4 Å². The van der Waals surface area contributed by atoms with E-state index < -0.39 is 0 Å². The van der Waals surface area contributed by atoms with Crippen LogP contribution in [-0.4, -0.2) is 43.7 Å². The highest BCUT2D eigenvalue weighted by Gasteiger charge is 2.24. The average molecular weight is 261 g/mol. The Hall–Kier alpha value is -1.04. The quantitative estimate of drug-likeness (QED) is 0.867. The number of amides is 1. The fourth-order valence-electron chi connectivity index (χ4n) is 1.70. The van der Waals surface area contributed by atoms with Crippen LogP contribution in [0, 0.1) is 0 Å². The van der Waals surface area contributed by atoms with E-state index in [-0.39, 0.29) is 24.4 Å². The second-order valence-electron chi connectivity index (χ2n) is 3.86. The number of carbonyl (C=O) groups excluding carboxylic acids is 1. The van der Waals surface area contributed by atoms with E-state index in [1.165, 1.54) is 0 Å². The highest BCUT2D eigenvalue weighted by Crippen LogP contribution is 2.06. The summed E-state index contributed by atoms with van der Waals surface area (Å²) in [7, 11) is 1.77. The summed E-state index contributed by atoms with van der Waals surface area (Å²) in [5.41, 5.74) is 0. The zero-order valence-electron chi connectivity index (χ0n) is 9.72. The molecule has 0 aliphatic carbocycles. The summed E-state index contributed by atoms with van der Waals surface area (Å²) in [4.78, 5) is 13.6. The van der Waals surface area contributed by atoms with Gasteiger partial charge in [0, 0.05) is 13.6 Å². The average Bonchev–Trinajstić information content (AvgIpc) is 2.82. The lowest BCUT2D eigenvalue weighted by Gasteiger charge is -2.27. The number of halogens is 1. The maximum Gasteiger partial charge on any atom is 0.242 e. The summed E-state index contributed by atoms with van der Waals surface area (Å²) < 4.78 is 10.5. The van der Waals surface area contributed by atoms with Crippen LogP contribution in [0.3, 0.4) is 0 Å². The number of likely N-dealkylation sites (N-methyl/N-ethyl adjacent to an activating group) is 1. The summed E-state index contributed by atoms with van der Waals surface area (Å²) in [6.45, 7) is 2.34. The molecular weight excluding hydrogens is 244 g/mol. The highest BCUT2D eigenvalue weighted by atomic mass is 35.5. The van der Waals surface area contributed by atoms with Gasteiger partial charge in [-0.3, -0.25) is 4.79 Å². The lowest BCUT2D eigenvalue weighted by molar-refractivity contribution is -0.135. The molecule has 0 bridgehead atoms. The van der Waals surface area contributed by atoms with Crippen LogP contribution in [-0.2, 0) is 16.1 Å². The Bertz CT molecular complexity index is 336. The summed E-state index contributed by atoms with van der Waals surface area (Å²) in [5, 5.41) is 3.13. The van der Waals surface area contributed by atoms with Gasteiger partial charge in [0.1, 0.15) is 11.8 Å². The smallest absolute Gasteiger partial charge is 0.242 e. The maximum atomic E-state index is 12.0. The third-order valence-corrected chi connectivity index (χ3v) is 2.57. The Morgan fingerprint density at radius 3 is 3.06 bits per heavy atom. The molecule has 1 aliphatic heterocycles. The molecule has 1 amide bonds. The van der Waals surface area contributed by atoms with Gasteiger partial charge in [0.05, 0.1) is 26.0 Å². The second-order valence-corrected chi connectivity index (χ2v) is 3.86. The predicted octanol–water partition coefficient (Wildman–Crippen LogP) is 0.648. The molecule has 1 aliphatic rings. The number of carbonyl (C=O) groups is 1. The molecule has 0 spiro atoms. The first kappa shape index (κ1) is 14.0. The van der Waals surface area contributed by atoms with Gasteiger partial charge in [-0.15, -0.1) is 12.4 Å². The first-order chi connectivity index (χ1) is 7.77. The third-order valence-electron chi connectivity index (χ3n) is 2.57. The van der Waals surface area contributed by atoms with E-state index in [2.05, 4.69) is 5.32 Å². The zero-order chi connectivity index (χ0) is 11.4. The summed E-state index contributed by atoms with van der Waals surface area (Å²) >= 11 is 0. The summed E-state index contributed by atoms with van der Waals surface area (Å²) in [5.74, 6) is 0.823. The molecule has 1 aromatic heterocycles. The van der Waals surface area contributed by atoms with Gasteiger partial charge in [-0.1, -0.05) is 0 Å². The van der Waals surface area contributed by atoms with Crippen LogP contribution in [0.25, 0.3) is 0 Å². The molecule has 17 heavy (non-hydrogen) atoms. The summed E-state index contributed by atoms with van der Waals surface area (Å²) in [6.07, 6.45) is 1.61. The molecule has 6 heteroatoms. The second kappa shape index (κ2) is 6.64.